The van der Waals surface area contributed by atoms with E-state index in [-0.39, 0.29) is 62.2 Å². The summed E-state index contributed by atoms with van der Waals surface area (Å²) in [7, 11) is 0. The lowest BCUT2D eigenvalue weighted by Gasteiger charge is -2.39. The molecule has 3 aliphatic rings. The molecule has 3 aliphatic heterocycles. The first kappa shape index (κ1) is 72.1. The van der Waals surface area contributed by atoms with Crippen molar-refractivity contribution in [3.63, 3.8) is 0 Å². The number of hydrogen-bond acceptors (Lipinski definition) is 17. The Hall–Kier alpha value is -9.62. The highest BCUT2D eigenvalue weighted by molar-refractivity contribution is 6.32. The molecule has 3 saturated heterocycles. The molecule has 12 rings (SSSR count). The van der Waals surface area contributed by atoms with Gasteiger partial charge in [0.2, 0.25) is 17.6 Å². The van der Waals surface area contributed by atoms with Crippen LogP contribution in [0.25, 0.3) is 22.9 Å². The van der Waals surface area contributed by atoms with E-state index >= 15 is 0 Å². The molecule has 0 unspecified atom stereocenters. The maximum absolute atomic E-state index is 13.5. The number of piperidine rings is 3. The molecular weight excluding hydrogens is 1380 g/mol. The number of hydrogen-bond donors (Lipinski definition) is 0. The summed E-state index contributed by atoms with van der Waals surface area (Å²) in [5.74, 6) is -0.346. The second-order valence-electron chi connectivity index (χ2n) is 23.1. The van der Waals surface area contributed by atoms with Gasteiger partial charge in [-0.1, -0.05) is 53.0 Å². The van der Waals surface area contributed by atoms with Crippen LogP contribution in [-0.2, 0) is 18.5 Å². The molecule has 22 nitrogen and oxygen atoms in total. The van der Waals surface area contributed by atoms with Gasteiger partial charge in [0.1, 0.15) is 39.1 Å². The average molecular weight is 1440 g/mol. The molecule has 0 radical (unpaired) electrons. The van der Waals surface area contributed by atoms with Gasteiger partial charge < -0.3 is 28.9 Å². The smallest absolute Gasteiger partial charge is 0.417 e. The van der Waals surface area contributed by atoms with E-state index in [1.807, 2.05) is 26.8 Å². The second-order valence-corrected chi connectivity index (χ2v) is 24.3. The van der Waals surface area contributed by atoms with Gasteiger partial charge in [0, 0.05) is 68.1 Å². The van der Waals surface area contributed by atoms with Crippen LogP contribution in [-0.4, -0.2) is 153 Å². The molecule has 0 saturated carbocycles. The minimum Gasteiger partial charge on any atom is -0.471 e. The van der Waals surface area contributed by atoms with Crippen molar-refractivity contribution in [3.05, 3.63) is 189 Å². The fraction of sp³-hybridized carbons (Fsp3) is 0.354. The largest absolute Gasteiger partial charge is 0.471 e. The van der Waals surface area contributed by atoms with Crippen molar-refractivity contribution in [1.82, 2.24) is 79.6 Å². The maximum Gasteiger partial charge on any atom is 0.417 e. The van der Waals surface area contributed by atoms with Crippen molar-refractivity contribution >= 4 is 52.5 Å². The summed E-state index contributed by atoms with van der Waals surface area (Å²) in [6.07, 6.45) is 1.40. The second kappa shape index (κ2) is 30.6. The Morgan fingerprint density at radius 1 is 0.475 bits per heavy atom. The molecule has 0 aliphatic carbocycles. The van der Waals surface area contributed by atoms with Gasteiger partial charge in [-0.05, 0) is 127 Å². The summed E-state index contributed by atoms with van der Waals surface area (Å²) in [4.78, 5) is 76.5. The molecule has 11 heterocycles. The number of aryl methyl sites for hydroxylation is 2. The van der Waals surface area contributed by atoms with Crippen LogP contribution in [0.4, 0.5) is 39.5 Å². The summed E-state index contributed by atoms with van der Waals surface area (Å²) in [5.41, 5.74) is 0.645. The summed E-state index contributed by atoms with van der Waals surface area (Å²) in [6.45, 7) is 10.5. The zero-order chi connectivity index (χ0) is 71.1. The molecule has 6 atom stereocenters. The lowest BCUT2D eigenvalue weighted by atomic mass is 9.97. The van der Waals surface area contributed by atoms with Gasteiger partial charge in [-0.15, -0.1) is 9.59 Å². The minimum absolute atomic E-state index is 0.0890. The first-order valence-corrected chi connectivity index (χ1v) is 31.8. The highest BCUT2D eigenvalue weighted by Crippen LogP contribution is 2.39. The van der Waals surface area contributed by atoms with Crippen molar-refractivity contribution in [3.8, 4) is 40.5 Å². The predicted molar refractivity (Wildman–Crippen MR) is 340 cm³/mol. The van der Waals surface area contributed by atoms with Crippen LogP contribution < -0.4 is 14.2 Å². The Morgan fingerprint density at radius 3 is 1.32 bits per heavy atom. The number of carbonyl (C=O) groups is 3. The SMILES string of the molecule is C[C@H]1[C@H](Oc2ncc(C(F)(F)F)cc2Cl)CCCN1C(=O)c1ccccc1-c1ncccn1.Cc1ccc(-n2nccn2)c(C(=O)N2CCC[C@@H](Oc3ncc(C(F)(F)F)cc3Cl)[C@@H]2C)n1.Cc1cnc(-n2nccn2)c(C(=O)N2CCC[C@@H](Oc3ncc(C(F)(F)F)cc3Cl)[C@@H]2C)c1. The molecule has 99 heavy (non-hydrogen) atoms. The van der Waals surface area contributed by atoms with Crippen molar-refractivity contribution < 1.29 is 68.1 Å². The van der Waals surface area contributed by atoms with Crippen LogP contribution >= 0.6 is 34.8 Å². The number of alkyl halides is 9. The number of nitrogens with zero attached hydrogens (tertiary/aromatic N) is 16. The van der Waals surface area contributed by atoms with Crippen LogP contribution in [0.2, 0.25) is 15.1 Å². The molecule has 8 aromatic heterocycles. The lowest BCUT2D eigenvalue weighted by Crippen LogP contribution is -2.51. The van der Waals surface area contributed by atoms with Gasteiger partial charge in [0.05, 0.1) is 70.7 Å². The van der Waals surface area contributed by atoms with Crippen LogP contribution in [0, 0.1) is 13.8 Å². The number of ether oxygens (including phenoxy) is 3. The zero-order valence-corrected chi connectivity index (χ0v) is 55.4. The Morgan fingerprint density at radius 2 is 0.889 bits per heavy atom. The molecule has 1 aromatic carbocycles. The standard InChI is InChI=1S/C23H20ClF3N4O2.2C21H20ClF3N6O2/c1-14-19(33-21-18(24)12-15(13-30-21)23(25,26)27)8-4-11-31(14)22(32)17-7-3-2-6-16(17)20-28-9-5-10-29-20;1-12-5-6-16(31-27-7-8-28-31)18(29-12)20(32)30-9-3-4-17(13(30)2)33-19-15(22)10-14(11-26-19)21(23,24)25;1-12-8-15(18(26-10-12)31-28-5-6-29-31)20(32)30-7-3-4-17(13(30)2)33-19-16(22)9-14(11-27-19)21(23,24)25/h2-3,5-7,9-10,12-14,19H,4,8,11H2,1H3;5-8,10-11,13,17H,3-4,9H2,1-2H3;5-6,8-11,13,17H,3-4,7H2,1-2H3/t14-,19+;2*13-,17+/m000/s1. The number of amides is 3. The lowest BCUT2D eigenvalue weighted by molar-refractivity contribution is -0.138. The van der Waals surface area contributed by atoms with Crippen LogP contribution in [0.5, 0.6) is 17.6 Å². The van der Waals surface area contributed by atoms with E-state index in [1.165, 1.54) is 34.4 Å². The van der Waals surface area contributed by atoms with Gasteiger partial charge in [0.25, 0.3) is 17.7 Å². The van der Waals surface area contributed by atoms with Crippen LogP contribution in [0.1, 0.15) is 118 Å². The number of likely N-dealkylation sites (tertiary alicyclic amines) is 3. The van der Waals surface area contributed by atoms with E-state index < -0.39 is 65.6 Å². The highest BCUT2D eigenvalue weighted by Gasteiger charge is 2.41. The van der Waals surface area contributed by atoms with E-state index in [0.29, 0.717) is 116 Å². The number of carbonyl (C=O) groups excluding carboxylic acids is 3. The van der Waals surface area contributed by atoms with Crippen molar-refractivity contribution in [2.24, 2.45) is 0 Å². The zero-order valence-electron chi connectivity index (χ0n) is 53.1. The van der Waals surface area contributed by atoms with Gasteiger partial charge in [-0.25, -0.2) is 34.9 Å². The number of rotatable bonds is 12. The Kier molecular flexibility index (Phi) is 22.3. The minimum atomic E-state index is -4.56. The molecule has 9 aromatic rings. The average Bonchev–Trinajstić information content (AvgIpc) is 1.47. The summed E-state index contributed by atoms with van der Waals surface area (Å²) < 4.78 is 134. The first-order valence-electron chi connectivity index (χ1n) is 30.7. The number of pyridine rings is 5. The first-order chi connectivity index (χ1) is 47.0. The van der Waals surface area contributed by atoms with Gasteiger partial charge in [-0.3, -0.25) is 14.4 Å². The summed E-state index contributed by atoms with van der Waals surface area (Å²) in [5, 5.41) is 15.6. The highest BCUT2D eigenvalue weighted by atomic mass is 35.5. The topological polar surface area (TPSA) is 240 Å². The third-order valence-corrected chi connectivity index (χ3v) is 17.2. The van der Waals surface area contributed by atoms with Gasteiger partial charge >= 0.3 is 18.5 Å². The van der Waals surface area contributed by atoms with Crippen LogP contribution in [0.3, 0.4) is 0 Å². The predicted octanol–water partition coefficient (Wildman–Crippen LogP) is 13.5. The van der Waals surface area contributed by atoms with Gasteiger partial charge in [0.15, 0.2) is 17.3 Å². The molecule has 0 N–H and O–H groups in total. The third-order valence-electron chi connectivity index (χ3n) is 16.4. The third kappa shape index (κ3) is 17.1. The van der Waals surface area contributed by atoms with Crippen molar-refractivity contribution in [1.29, 1.82) is 0 Å². The molecule has 3 amide bonds. The van der Waals surface area contributed by atoms with E-state index in [4.69, 9.17) is 49.0 Å². The van der Waals surface area contributed by atoms with E-state index in [2.05, 4.69) is 55.3 Å². The fourth-order valence-corrected chi connectivity index (χ4v) is 11.9. The van der Waals surface area contributed by atoms with Gasteiger partial charge in [-0.2, -0.15) is 59.9 Å². The molecular formula is C65H60Cl3F9N16O6. The quantitative estimate of drug-likeness (QED) is 0.103. The number of aromatic nitrogens is 13. The fourth-order valence-electron chi connectivity index (χ4n) is 11.2. The normalized spacial score (nSPS) is 18.9. The van der Waals surface area contributed by atoms with Crippen molar-refractivity contribution in [2.45, 2.75) is 128 Å². The van der Waals surface area contributed by atoms with E-state index in [1.54, 1.807) is 89.6 Å². The van der Waals surface area contributed by atoms with E-state index in [9.17, 15) is 53.9 Å². The Balaban J connectivity index is 0.000000161. The van der Waals surface area contributed by atoms with Crippen LogP contribution in [0.15, 0.2) is 129 Å². The maximum atomic E-state index is 13.5. The number of halogens is 12. The molecule has 34 heteroatoms. The summed E-state index contributed by atoms with van der Waals surface area (Å²) >= 11 is 18.0. The number of benzene rings is 1. The van der Waals surface area contributed by atoms with Crippen molar-refractivity contribution in [2.75, 3.05) is 19.6 Å². The molecule has 0 bridgehead atoms. The monoisotopic (exact) mass is 1440 g/mol. The molecule has 3 fully saturated rings. The molecule has 0 spiro atoms. The Labute approximate surface area is 574 Å². The van der Waals surface area contributed by atoms with E-state index in [0.717, 1.165) is 23.8 Å². The Bertz CT molecular complexity index is 4130. The summed E-state index contributed by atoms with van der Waals surface area (Å²) in [6, 6.07) is 15.2. The molecule has 520 valence electrons.